The summed E-state index contributed by atoms with van der Waals surface area (Å²) < 4.78 is 5.78. The lowest BCUT2D eigenvalue weighted by molar-refractivity contribution is -0.135. The number of piperidine rings is 4. The van der Waals surface area contributed by atoms with Gasteiger partial charge in [0.15, 0.2) is 0 Å². The molecular weight excluding hydrogens is 865 g/mol. The van der Waals surface area contributed by atoms with Crippen LogP contribution in [0, 0.1) is 11.8 Å². The fourth-order valence-corrected chi connectivity index (χ4v) is 12.2. The van der Waals surface area contributed by atoms with Gasteiger partial charge in [0, 0.05) is 73.9 Å². The molecule has 1 atom stereocenters. The lowest BCUT2D eigenvalue weighted by atomic mass is 9.88. The zero-order valence-corrected chi connectivity index (χ0v) is 39.6. The molecule has 3 amide bonds. The van der Waals surface area contributed by atoms with Crippen LogP contribution in [0.3, 0.4) is 0 Å². The molecule has 3 aromatic carbocycles. The summed E-state index contributed by atoms with van der Waals surface area (Å²) in [5, 5.41) is 12.0. The number of hydrogen-bond acceptors (Lipinski definition) is 8. The predicted molar refractivity (Wildman–Crippen MR) is 267 cm³/mol. The maximum atomic E-state index is 13.7. The number of imidazole rings is 1. The number of amides is 3. The fourth-order valence-electron chi connectivity index (χ4n) is 12.2. The van der Waals surface area contributed by atoms with Gasteiger partial charge in [0.2, 0.25) is 11.8 Å². The maximum absolute atomic E-state index is 13.7. The van der Waals surface area contributed by atoms with Crippen molar-refractivity contribution < 1.29 is 14.4 Å². The van der Waals surface area contributed by atoms with Crippen LogP contribution >= 0.6 is 0 Å². The smallest absolute Gasteiger partial charge is 0.330 e. The number of benzene rings is 3. The summed E-state index contributed by atoms with van der Waals surface area (Å²) in [6.07, 6.45) is 13.9. The van der Waals surface area contributed by atoms with Crippen LogP contribution in [0.5, 0.6) is 0 Å². The van der Waals surface area contributed by atoms with E-state index >= 15 is 0 Å². The molecule has 5 aliphatic rings. The Morgan fingerprint density at radius 1 is 0.739 bits per heavy atom. The Kier molecular flexibility index (Phi) is 11.6. The lowest BCUT2D eigenvalue weighted by Gasteiger charge is -2.38. The van der Waals surface area contributed by atoms with Gasteiger partial charge < -0.3 is 14.4 Å². The van der Waals surface area contributed by atoms with Crippen molar-refractivity contribution in [2.45, 2.75) is 95.2 Å². The normalized spacial score (nSPS) is 20.7. The number of H-pyrrole nitrogens is 1. The molecule has 356 valence electrons. The summed E-state index contributed by atoms with van der Waals surface area (Å²) >= 11 is 0. The third-order valence-electron chi connectivity index (χ3n) is 16.4. The van der Waals surface area contributed by atoms with E-state index in [1.54, 1.807) is 4.57 Å². The minimum Gasteiger partial charge on any atom is -0.339 e. The van der Waals surface area contributed by atoms with Crippen molar-refractivity contribution >= 4 is 50.7 Å². The van der Waals surface area contributed by atoms with Gasteiger partial charge in [0.1, 0.15) is 11.7 Å². The zero-order valence-electron chi connectivity index (χ0n) is 39.6. The lowest BCUT2D eigenvalue weighted by Crippen LogP contribution is -2.44. The first kappa shape index (κ1) is 43.9. The van der Waals surface area contributed by atoms with Gasteiger partial charge >= 0.3 is 5.69 Å². The molecule has 14 heteroatoms. The first-order chi connectivity index (χ1) is 33.7. The highest BCUT2D eigenvalue weighted by molar-refractivity contribution is 6.00. The second-order valence-corrected chi connectivity index (χ2v) is 20.9. The van der Waals surface area contributed by atoms with Gasteiger partial charge in [0.25, 0.3) is 5.91 Å². The molecule has 2 N–H and O–H groups in total. The highest BCUT2D eigenvalue weighted by Crippen LogP contribution is 2.38. The molecule has 69 heavy (non-hydrogen) atoms. The van der Waals surface area contributed by atoms with Crippen molar-refractivity contribution in [3.63, 3.8) is 0 Å². The average molecular weight is 927 g/mol. The van der Waals surface area contributed by atoms with E-state index in [2.05, 4.69) is 109 Å². The standard InChI is InChI=1S/C55H62N10O4/c1-60-44(31-46-45(14-21-56-52(46)60)41-7-10-47-42(30-41)32-57-59-47)34-62-24-19-39(20-25-62)38-3-5-40(6-4-38)54(68)63-26-17-36(18-27-63)33-61-22-15-35(16-23-61)28-37-2-11-48-50(29-37)64(43-8-9-43)55(69)65(48)49-12-13-51(66)58-53(49)67/h2-7,10-11,14,21,29-32,35-36,39,43,49H,8-9,12-13,15-20,22-28,33-34H2,1H3,(H,57,59)(H,58,66,67). The molecule has 0 bridgehead atoms. The van der Waals surface area contributed by atoms with Crippen molar-refractivity contribution in [3.8, 4) is 11.1 Å². The molecule has 7 aromatic rings. The highest BCUT2D eigenvalue weighted by atomic mass is 16.2. The Bertz CT molecular complexity index is 3130. The van der Waals surface area contributed by atoms with Crippen LogP contribution in [-0.4, -0.2) is 107 Å². The number of aryl methyl sites for hydroxylation is 1. The summed E-state index contributed by atoms with van der Waals surface area (Å²) in [5.74, 6) is 1.18. The van der Waals surface area contributed by atoms with Crippen molar-refractivity contribution in [3.05, 3.63) is 118 Å². The summed E-state index contributed by atoms with van der Waals surface area (Å²) in [6.45, 7) is 7.86. The number of hydrogen-bond donors (Lipinski definition) is 2. The van der Waals surface area contributed by atoms with Crippen molar-refractivity contribution in [2.24, 2.45) is 18.9 Å². The topological polar surface area (TPSA) is 146 Å². The Balaban J connectivity index is 0.596. The summed E-state index contributed by atoms with van der Waals surface area (Å²) in [4.78, 5) is 64.1. The number of carbonyl (C=O) groups excluding carboxylic acids is 3. The van der Waals surface area contributed by atoms with Gasteiger partial charge in [-0.2, -0.15) is 5.10 Å². The SMILES string of the molecule is Cn1c(CN2CCC(c3ccc(C(=O)N4CCC(CN5CCC(Cc6ccc7c(c6)n(C6CC6)c(=O)n7C6CCC(=O)NC6=O)CC5)CC4)cc3)CC2)cc2c(-c3ccc4[nH]ncc4c3)ccnc21. The molecule has 0 radical (unpaired) electrons. The van der Waals surface area contributed by atoms with E-state index in [1.807, 2.05) is 23.0 Å². The number of imide groups is 1. The van der Waals surface area contributed by atoms with E-state index in [0.29, 0.717) is 24.2 Å². The Labute approximate surface area is 401 Å². The van der Waals surface area contributed by atoms with Gasteiger partial charge in [-0.1, -0.05) is 24.3 Å². The second-order valence-electron chi connectivity index (χ2n) is 20.9. The first-order valence-corrected chi connectivity index (χ1v) is 25.5. The minimum atomic E-state index is -0.654. The molecule has 12 rings (SSSR count). The molecule has 8 heterocycles. The zero-order chi connectivity index (χ0) is 46.8. The molecule has 1 aliphatic carbocycles. The van der Waals surface area contributed by atoms with Crippen LogP contribution in [0.25, 0.3) is 44.1 Å². The maximum Gasteiger partial charge on any atom is 0.330 e. The molecule has 0 spiro atoms. The summed E-state index contributed by atoms with van der Waals surface area (Å²) in [6, 6.07) is 25.3. The quantitative estimate of drug-likeness (QED) is 0.126. The Hall–Kier alpha value is -6.38. The van der Waals surface area contributed by atoms with Crippen LogP contribution in [-0.2, 0) is 29.6 Å². The van der Waals surface area contributed by atoms with Gasteiger partial charge in [-0.15, -0.1) is 0 Å². The van der Waals surface area contributed by atoms with Gasteiger partial charge in [-0.25, -0.2) is 9.78 Å². The molecule has 4 aromatic heterocycles. The number of aromatic nitrogens is 6. The molecule has 4 aliphatic heterocycles. The second kappa shape index (κ2) is 18.2. The Morgan fingerprint density at radius 3 is 2.28 bits per heavy atom. The van der Waals surface area contributed by atoms with Gasteiger partial charge in [0.05, 0.1) is 22.7 Å². The fraction of sp³-hybridized carbons (Fsp3) is 0.455. The van der Waals surface area contributed by atoms with Crippen LogP contribution < -0.4 is 11.0 Å². The van der Waals surface area contributed by atoms with Crippen molar-refractivity contribution in [2.75, 3.05) is 45.8 Å². The average Bonchev–Trinajstić information content (AvgIpc) is 3.90. The van der Waals surface area contributed by atoms with Crippen LogP contribution in [0.15, 0.2) is 90.0 Å². The summed E-state index contributed by atoms with van der Waals surface area (Å²) in [7, 11) is 2.13. The van der Waals surface area contributed by atoms with Gasteiger partial charge in [-0.05, 0) is 179 Å². The van der Waals surface area contributed by atoms with Crippen molar-refractivity contribution in [1.82, 2.24) is 48.9 Å². The molecule has 1 unspecified atom stereocenters. The third kappa shape index (κ3) is 8.60. The number of likely N-dealkylation sites (tertiary alicyclic amines) is 3. The minimum absolute atomic E-state index is 0.136. The third-order valence-corrected chi connectivity index (χ3v) is 16.4. The number of carbonyl (C=O) groups is 3. The molecule has 14 nitrogen and oxygen atoms in total. The first-order valence-electron chi connectivity index (χ1n) is 25.5. The summed E-state index contributed by atoms with van der Waals surface area (Å²) in [5.41, 5.74) is 10.6. The number of rotatable bonds is 11. The van der Waals surface area contributed by atoms with Crippen LogP contribution in [0.4, 0.5) is 0 Å². The number of nitrogens with zero attached hydrogens (tertiary/aromatic N) is 8. The van der Waals surface area contributed by atoms with Crippen LogP contribution in [0.1, 0.15) is 109 Å². The van der Waals surface area contributed by atoms with Crippen molar-refractivity contribution in [1.29, 1.82) is 0 Å². The molecule has 4 saturated heterocycles. The largest absolute Gasteiger partial charge is 0.339 e. The predicted octanol–water partition coefficient (Wildman–Crippen LogP) is 7.73. The number of nitrogens with one attached hydrogen (secondary N) is 2. The molecule has 1 saturated carbocycles. The van der Waals surface area contributed by atoms with E-state index in [0.717, 1.165) is 143 Å². The van der Waals surface area contributed by atoms with Crippen LogP contribution in [0.2, 0.25) is 0 Å². The highest BCUT2D eigenvalue weighted by Gasteiger charge is 2.36. The Morgan fingerprint density at radius 2 is 1.51 bits per heavy atom. The van der Waals surface area contributed by atoms with E-state index in [-0.39, 0.29) is 35.9 Å². The number of aromatic amines is 1. The van der Waals surface area contributed by atoms with Gasteiger partial charge in [-0.3, -0.25) is 38.8 Å². The van der Waals surface area contributed by atoms with E-state index in [4.69, 9.17) is 4.98 Å². The van der Waals surface area contributed by atoms with E-state index < -0.39 is 6.04 Å². The number of fused-ring (bicyclic) bond motifs is 3. The number of pyridine rings is 1. The monoisotopic (exact) mass is 926 g/mol. The molecule has 5 fully saturated rings. The van der Waals surface area contributed by atoms with E-state index in [1.165, 1.54) is 33.3 Å². The molecular formula is C55H62N10O4. The van der Waals surface area contributed by atoms with E-state index in [9.17, 15) is 19.2 Å².